The molecular weight excluding hydrogens is 235 g/mol. The van der Waals surface area contributed by atoms with E-state index in [0.717, 1.165) is 0 Å². The average molecular weight is 242 g/mol. The van der Waals surface area contributed by atoms with E-state index in [1.165, 1.54) is 9.13 Å². The summed E-state index contributed by atoms with van der Waals surface area (Å²) < 4.78 is 1.23. The summed E-state index contributed by atoms with van der Waals surface area (Å²) >= 11 is 2.28. The van der Waals surface area contributed by atoms with Gasteiger partial charge in [-0.2, -0.15) is 0 Å². The van der Waals surface area contributed by atoms with Crippen LogP contribution in [0.25, 0.3) is 6.08 Å². The number of hydrogen-bond acceptors (Lipinski definition) is 0. The molecular formula is C9H7I. The van der Waals surface area contributed by atoms with Gasteiger partial charge >= 0.3 is 0 Å². The first-order valence-electron chi connectivity index (χ1n) is 2.95. The van der Waals surface area contributed by atoms with Gasteiger partial charge in [-0.3, -0.25) is 0 Å². The minimum absolute atomic E-state index is 1.18. The third-order valence-corrected chi connectivity index (χ3v) is 2.15. The summed E-state index contributed by atoms with van der Waals surface area (Å²) in [4.78, 5) is 0. The van der Waals surface area contributed by atoms with Crippen molar-refractivity contribution in [2.24, 2.45) is 0 Å². The van der Waals surface area contributed by atoms with Crippen molar-refractivity contribution < 1.29 is 0 Å². The van der Waals surface area contributed by atoms with Gasteiger partial charge in [-0.05, 0) is 40.3 Å². The van der Waals surface area contributed by atoms with E-state index in [1.54, 1.807) is 0 Å². The number of benzene rings is 1. The second-order valence-electron chi connectivity index (χ2n) is 1.87. The molecule has 0 amide bonds. The van der Waals surface area contributed by atoms with Gasteiger partial charge in [0, 0.05) is 3.57 Å². The summed E-state index contributed by atoms with van der Waals surface area (Å²) in [6.07, 6.45) is 1.88. The Morgan fingerprint density at radius 1 is 1.40 bits per heavy atom. The van der Waals surface area contributed by atoms with E-state index in [-0.39, 0.29) is 0 Å². The fourth-order valence-electron chi connectivity index (χ4n) is 0.702. The van der Waals surface area contributed by atoms with Crippen LogP contribution in [0.4, 0.5) is 0 Å². The van der Waals surface area contributed by atoms with Crippen molar-refractivity contribution in [1.82, 2.24) is 0 Å². The van der Waals surface area contributed by atoms with Crippen LogP contribution in [0.5, 0.6) is 0 Å². The molecule has 0 aliphatic rings. The van der Waals surface area contributed by atoms with Crippen LogP contribution in [-0.4, -0.2) is 0 Å². The van der Waals surface area contributed by atoms with Crippen LogP contribution >= 0.6 is 22.6 Å². The summed E-state index contributed by atoms with van der Waals surface area (Å²) in [5.74, 6) is 0. The molecule has 0 unspecified atom stereocenters. The zero-order valence-electron chi connectivity index (χ0n) is 5.47. The molecule has 1 rings (SSSR count). The molecule has 0 saturated carbocycles. The van der Waals surface area contributed by atoms with Crippen molar-refractivity contribution in [3.05, 3.63) is 45.7 Å². The molecule has 0 radical (unpaired) electrons. The Labute approximate surface area is 74.4 Å². The summed E-state index contributed by atoms with van der Waals surface area (Å²) in [6.45, 7) is 3.51. The molecule has 0 aliphatic heterocycles. The van der Waals surface area contributed by atoms with Gasteiger partial charge in [0.15, 0.2) is 0 Å². The molecule has 0 heterocycles. The van der Waals surface area contributed by atoms with Crippen LogP contribution < -0.4 is 0 Å². The third-order valence-electron chi connectivity index (χ3n) is 1.16. The average Bonchev–Trinajstić information content (AvgIpc) is 1.94. The molecule has 0 fully saturated rings. The van der Waals surface area contributed by atoms with E-state index in [9.17, 15) is 0 Å². The van der Waals surface area contributed by atoms with E-state index in [0.29, 0.717) is 0 Å². The van der Waals surface area contributed by atoms with E-state index in [1.807, 2.05) is 24.3 Å². The first-order chi connectivity index (χ1) is 4.84. The topological polar surface area (TPSA) is 0 Å². The summed E-state index contributed by atoms with van der Waals surface area (Å²) in [5, 5.41) is 0. The second kappa shape index (κ2) is 3.59. The Bertz CT molecular complexity index is 270. The first kappa shape index (κ1) is 7.58. The molecule has 1 aromatic rings. The maximum atomic E-state index is 3.51. The standard InChI is InChI=1S/C9H7I/c1-2-5-8-6-3-4-7-9(8)10/h3-7H,1H2. The monoisotopic (exact) mass is 242 g/mol. The number of halogens is 1. The SMILES string of the molecule is C=C=Cc1ccccc1I. The Morgan fingerprint density at radius 3 is 2.70 bits per heavy atom. The number of rotatable bonds is 1. The Balaban J connectivity index is 3.14. The van der Waals surface area contributed by atoms with Gasteiger partial charge in [0.1, 0.15) is 0 Å². The predicted molar refractivity (Wildman–Crippen MR) is 52.8 cm³/mol. The lowest BCUT2D eigenvalue weighted by Gasteiger charge is -1.93. The zero-order chi connectivity index (χ0) is 7.40. The smallest absolute Gasteiger partial charge is 0.0208 e. The van der Waals surface area contributed by atoms with Crippen LogP contribution in [0, 0.1) is 3.57 Å². The molecule has 0 spiro atoms. The second-order valence-corrected chi connectivity index (χ2v) is 3.03. The van der Waals surface area contributed by atoms with Crippen molar-refractivity contribution in [3.8, 4) is 0 Å². The van der Waals surface area contributed by atoms with Crippen LogP contribution in [0.1, 0.15) is 5.56 Å². The van der Waals surface area contributed by atoms with Crippen molar-refractivity contribution >= 4 is 28.7 Å². The maximum absolute atomic E-state index is 3.51. The molecule has 1 heteroatoms. The fraction of sp³-hybridized carbons (Fsp3) is 0. The normalized spacial score (nSPS) is 8.50. The molecule has 0 N–H and O–H groups in total. The van der Waals surface area contributed by atoms with Crippen LogP contribution in [0.15, 0.2) is 36.6 Å². The van der Waals surface area contributed by atoms with Gasteiger partial charge in [-0.25, -0.2) is 0 Å². The van der Waals surface area contributed by atoms with Gasteiger partial charge in [0.05, 0.1) is 0 Å². The predicted octanol–water partition coefficient (Wildman–Crippen LogP) is 3.09. The molecule has 10 heavy (non-hydrogen) atoms. The lowest BCUT2D eigenvalue weighted by molar-refractivity contribution is 1.60. The van der Waals surface area contributed by atoms with E-state index < -0.39 is 0 Å². The lowest BCUT2D eigenvalue weighted by atomic mass is 10.2. The molecule has 0 saturated heterocycles. The highest BCUT2D eigenvalue weighted by Gasteiger charge is 1.89. The minimum Gasteiger partial charge on any atom is -0.128 e. The highest BCUT2D eigenvalue weighted by atomic mass is 127. The van der Waals surface area contributed by atoms with Gasteiger partial charge < -0.3 is 0 Å². The van der Waals surface area contributed by atoms with Gasteiger partial charge in [0.2, 0.25) is 0 Å². The Morgan fingerprint density at radius 2 is 2.10 bits per heavy atom. The number of hydrogen-bond donors (Lipinski definition) is 0. The van der Waals surface area contributed by atoms with Gasteiger partial charge in [-0.15, -0.1) is 5.73 Å². The van der Waals surface area contributed by atoms with E-state index in [2.05, 4.69) is 41.0 Å². The zero-order valence-corrected chi connectivity index (χ0v) is 7.63. The quantitative estimate of drug-likeness (QED) is 0.524. The minimum atomic E-state index is 1.18. The first-order valence-corrected chi connectivity index (χ1v) is 4.03. The van der Waals surface area contributed by atoms with E-state index >= 15 is 0 Å². The molecule has 0 bridgehead atoms. The van der Waals surface area contributed by atoms with Crippen molar-refractivity contribution in [2.45, 2.75) is 0 Å². The molecule has 0 aliphatic carbocycles. The van der Waals surface area contributed by atoms with Crippen molar-refractivity contribution in [1.29, 1.82) is 0 Å². The Kier molecular flexibility index (Phi) is 2.72. The van der Waals surface area contributed by atoms with Crippen LogP contribution in [0.2, 0.25) is 0 Å². The highest BCUT2D eigenvalue weighted by molar-refractivity contribution is 14.1. The lowest BCUT2D eigenvalue weighted by Crippen LogP contribution is -1.75. The van der Waals surface area contributed by atoms with E-state index in [4.69, 9.17) is 0 Å². The van der Waals surface area contributed by atoms with Crippen molar-refractivity contribution in [3.63, 3.8) is 0 Å². The molecule has 0 aromatic heterocycles. The summed E-state index contributed by atoms with van der Waals surface area (Å²) in [5.41, 5.74) is 3.92. The van der Waals surface area contributed by atoms with Crippen LogP contribution in [-0.2, 0) is 0 Å². The van der Waals surface area contributed by atoms with Gasteiger partial charge in [-0.1, -0.05) is 24.8 Å². The Hall–Kier alpha value is -0.530. The van der Waals surface area contributed by atoms with Gasteiger partial charge in [0.25, 0.3) is 0 Å². The largest absolute Gasteiger partial charge is 0.128 e. The fourth-order valence-corrected chi connectivity index (χ4v) is 1.25. The highest BCUT2D eigenvalue weighted by Crippen LogP contribution is 2.11. The van der Waals surface area contributed by atoms with Crippen molar-refractivity contribution in [2.75, 3.05) is 0 Å². The third kappa shape index (κ3) is 1.72. The summed E-state index contributed by atoms with van der Waals surface area (Å²) in [7, 11) is 0. The maximum Gasteiger partial charge on any atom is 0.0208 e. The summed E-state index contributed by atoms with van der Waals surface area (Å²) in [6, 6.07) is 8.12. The molecule has 0 nitrogen and oxygen atoms in total. The molecule has 1 aromatic carbocycles. The van der Waals surface area contributed by atoms with Crippen LogP contribution in [0.3, 0.4) is 0 Å². The molecule has 0 atom stereocenters. The molecule has 50 valence electrons.